The minimum atomic E-state index is -1.22. The molecular formula is C19H18N4O5. The number of amides is 1. The second-order valence-corrected chi connectivity index (χ2v) is 6.30. The lowest BCUT2D eigenvalue weighted by Crippen LogP contribution is -2.46. The third kappa shape index (κ3) is 3.98. The zero-order valence-corrected chi connectivity index (χ0v) is 14.9. The molecule has 0 saturated carbocycles. The van der Waals surface area contributed by atoms with E-state index >= 15 is 0 Å². The maximum absolute atomic E-state index is 12.6. The van der Waals surface area contributed by atoms with Gasteiger partial charge in [-0.3, -0.25) is 9.59 Å². The number of hydrogen-bond acceptors (Lipinski definition) is 6. The van der Waals surface area contributed by atoms with Crippen LogP contribution in [0.15, 0.2) is 53.3 Å². The van der Waals surface area contributed by atoms with Gasteiger partial charge in [-0.05, 0) is 36.8 Å². The molecule has 0 radical (unpaired) electrons. The van der Waals surface area contributed by atoms with Crippen molar-refractivity contribution >= 4 is 22.8 Å². The van der Waals surface area contributed by atoms with Crippen LogP contribution in [0, 0.1) is 0 Å². The summed E-state index contributed by atoms with van der Waals surface area (Å²) in [4.78, 5) is 36.7. The summed E-state index contributed by atoms with van der Waals surface area (Å²) in [6.07, 6.45) is 0.0202. The molecule has 0 bridgehead atoms. The van der Waals surface area contributed by atoms with Crippen molar-refractivity contribution in [3.8, 4) is 5.75 Å². The van der Waals surface area contributed by atoms with Gasteiger partial charge in [0.2, 0.25) is 5.91 Å². The third-order valence-electron chi connectivity index (χ3n) is 4.33. The summed E-state index contributed by atoms with van der Waals surface area (Å²) in [6.45, 7) is 1.44. The van der Waals surface area contributed by atoms with Crippen LogP contribution in [0.4, 0.5) is 0 Å². The van der Waals surface area contributed by atoms with Crippen molar-refractivity contribution in [3.05, 3.63) is 64.4 Å². The SMILES string of the molecule is C[C@@H](C(=O)N[C@@H](Cc1ccc(O)cc1)C(=O)O)n1nnc2ccccc2c1=O. The number of rotatable bonds is 6. The van der Waals surface area contributed by atoms with Crippen molar-refractivity contribution in [1.29, 1.82) is 0 Å². The van der Waals surface area contributed by atoms with E-state index in [-0.39, 0.29) is 12.2 Å². The van der Waals surface area contributed by atoms with Crippen LogP contribution in [0.3, 0.4) is 0 Å². The number of hydrogen-bond donors (Lipinski definition) is 3. The molecule has 0 aliphatic heterocycles. The van der Waals surface area contributed by atoms with Crippen molar-refractivity contribution in [2.24, 2.45) is 0 Å². The number of carboxylic acid groups (broad SMARTS) is 1. The smallest absolute Gasteiger partial charge is 0.326 e. The second kappa shape index (κ2) is 7.87. The van der Waals surface area contributed by atoms with Crippen LogP contribution < -0.4 is 10.9 Å². The first-order valence-electron chi connectivity index (χ1n) is 8.52. The fraction of sp³-hybridized carbons (Fsp3) is 0.211. The standard InChI is InChI=1S/C19H18N4O5/c1-11(23-18(26)14-4-2-3-5-15(14)21-22-23)17(25)20-16(19(27)28)10-12-6-8-13(24)9-7-12/h2-9,11,16,24H,10H2,1H3,(H,20,25)(H,27,28)/t11-,16-/m0/s1. The Morgan fingerprint density at radius 3 is 2.50 bits per heavy atom. The fourth-order valence-electron chi connectivity index (χ4n) is 2.73. The van der Waals surface area contributed by atoms with Gasteiger partial charge in [0.25, 0.3) is 5.56 Å². The van der Waals surface area contributed by atoms with Gasteiger partial charge in [0.15, 0.2) is 0 Å². The molecule has 3 aromatic rings. The van der Waals surface area contributed by atoms with E-state index in [1.54, 1.807) is 36.4 Å². The van der Waals surface area contributed by atoms with Crippen molar-refractivity contribution in [2.75, 3.05) is 0 Å². The Hall–Kier alpha value is -3.75. The number of carboxylic acids is 1. The van der Waals surface area contributed by atoms with E-state index in [0.29, 0.717) is 16.5 Å². The van der Waals surface area contributed by atoms with Gasteiger partial charge in [0.05, 0.1) is 5.39 Å². The second-order valence-electron chi connectivity index (χ2n) is 6.30. The Bertz CT molecular complexity index is 1080. The number of phenols is 1. The highest BCUT2D eigenvalue weighted by molar-refractivity contribution is 5.86. The lowest BCUT2D eigenvalue weighted by Gasteiger charge is -2.18. The molecule has 9 nitrogen and oxygen atoms in total. The predicted molar refractivity (Wildman–Crippen MR) is 99.9 cm³/mol. The highest BCUT2D eigenvalue weighted by atomic mass is 16.4. The first-order chi connectivity index (χ1) is 13.4. The van der Waals surface area contributed by atoms with Crippen molar-refractivity contribution < 1.29 is 19.8 Å². The summed E-state index contributed by atoms with van der Waals surface area (Å²) in [6, 6.07) is 10.4. The summed E-state index contributed by atoms with van der Waals surface area (Å²) in [5, 5.41) is 29.2. The van der Waals surface area contributed by atoms with Gasteiger partial charge in [-0.2, -0.15) is 4.68 Å². The Kier molecular flexibility index (Phi) is 5.35. The summed E-state index contributed by atoms with van der Waals surface area (Å²) in [5.74, 6) is -1.83. The van der Waals surface area contributed by atoms with E-state index in [9.17, 15) is 24.6 Å². The topological polar surface area (TPSA) is 134 Å². The van der Waals surface area contributed by atoms with Crippen molar-refractivity contribution in [3.63, 3.8) is 0 Å². The zero-order valence-electron chi connectivity index (χ0n) is 14.9. The van der Waals surface area contributed by atoms with Gasteiger partial charge in [0.1, 0.15) is 23.3 Å². The average molecular weight is 382 g/mol. The van der Waals surface area contributed by atoms with Gasteiger partial charge in [0, 0.05) is 6.42 Å². The molecule has 3 rings (SSSR count). The van der Waals surface area contributed by atoms with Crippen LogP contribution in [0.5, 0.6) is 5.75 Å². The quantitative estimate of drug-likeness (QED) is 0.576. The number of aromatic nitrogens is 3. The van der Waals surface area contributed by atoms with Crippen LogP contribution in [-0.4, -0.2) is 43.1 Å². The lowest BCUT2D eigenvalue weighted by atomic mass is 10.1. The van der Waals surface area contributed by atoms with Crippen LogP contribution in [0.1, 0.15) is 18.5 Å². The first kappa shape index (κ1) is 19.0. The molecule has 3 N–H and O–H groups in total. The summed E-state index contributed by atoms with van der Waals surface area (Å²) < 4.78 is 0.928. The van der Waals surface area contributed by atoms with Crippen LogP contribution >= 0.6 is 0 Å². The van der Waals surface area contributed by atoms with E-state index in [0.717, 1.165) is 4.68 Å². The van der Waals surface area contributed by atoms with Gasteiger partial charge in [-0.1, -0.05) is 29.5 Å². The lowest BCUT2D eigenvalue weighted by molar-refractivity contribution is -0.142. The average Bonchev–Trinajstić information content (AvgIpc) is 2.69. The van der Waals surface area contributed by atoms with Crippen LogP contribution in [-0.2, 0) is 16.0 Å². The molecule has 144 valence electrons. The molecule has 2 aromatic carbocycles. The molecule has 28 heavy (non-hydrogen) atoms. The van der Waals surface area contributed by atoms with Crippen LogP contribution in [0.25, 0.3) is 10.9 Å². The highest BCUT2D eigenvalue weighted by Gasteiger charge is 2.25. The number of aliphatic carboxylic acids is 1. The maximum Gasteiger partial charge on any atom is 0.326 e. The summed E-state index contributed by atoms with van der Waals surface area (Å²) in [5.41, 5.74) is 0.548. The summed E-state index contributed by atoms with van der Waals surface area (Å²) in [7, 11) is 0. The number of nitrogens with zero attached hydrogens (tertiary/aromatic N) is 3. The van der Waals surface area contributed by atoms with Gasteiger partial charge < -0.3 is 15.5 Å². The van der Waals surface area contributed by atoms with Gasteiger partial charge in [-0.15, -0.1) is 5.10 Å². The van der Waals surface area contributed by atoms with Crippen molar-refractivity contribution in [2.45, 2.75) is 25.4 Å². The number of aromatic hydroxyl groups is 1. The molecular weight excluding hydrogens is 364 g/mol. The normalized spacial score (nSPS) is 13.0. The Balaban J connectivity index is 1.80. The molecule has 0 saturated heterocycles. The fourth-order valence-corrected chi connectivity index (χ4v) is 2.73. The Morgan fingerprint density at radius 1 is 1.14 bits per heavy atom. The molecule has 0 fully saturated rings. The Labute approximate surface area is 159 Å². The molecule has 1 amide bonds. The number of fused-ring (bicyclic) bond motifs is 1. The molecule has 0 unspecified atom stereocenters. The molecule has 1 aromatic heterocycles. The molecule has 0 aliphatic rings. The van der Waals surface area contributed by atoms with E-state index in [1.807, 2.05) is 0 Å². The highest BCUT2D eigenvalue weighted by Crippen LogP contribution is 2.12. The van der Waals surface area contributed by atoms with Gasteiger partial charge >= 0.3 is 5.97 Å². The monoisotopic (exact) mass is 382 g/mol. The number of carbonyl (C=O) groups excluding carboxylic acids is 1. The van der Waals surface area contributed by atoms with Crippen LogP contribution in [0.2, 0.25) is 0 Å². The third-order valence-corrected chi connectivity index (χ3v) is 4.33. The maximum atomic E-state index is 12.6. The molecule has 9 heteroatoms. The molecule has 2 atom stereocenters. The molecule has 1 heterocycles. The first-order valence-corrected chi connectivity index (χ1v) is 8.52. The van der Waals surface area contributed by atoms with Crippen molar-refractivity contribution in [1.82, 2.24) is 20.3 Å². The Morgan fingerprint density at radius 2 is 1.82 bits per heavy atom. The number of phenolic OH excluding ortho intramolecular Hbond substituents is 1. The summed E-state index contributed by atoms with van der Waals surface area (Å²) >= 11 is 0. The predicted octanol–water partition coefficient (Wildman–Crippen LogP) is 0.870. The minimum absolute atomic E-state index is 0.0202. The van der Waals surface area contributed by atoms with E-state index < -0.39 is 29.5 Å². The zero-order chi connectivity index (χ0) is 20.3. The van der Waals surface area contributed by atoms with E-state index in [4.69, 9.17) is 0 Å². The minimum Gasteiger partial charge on any atom is -0.508 e. The molecule has 0 spiro atoms. The largest absolute Gasteiger partial charge is 0.508 e. The van der Waals surface area contributed by atoms with E-state index in [1.165, 1.54) is 19.1 Å². The molecule has 0 aliphatic carbocycles. The van der Waals surface area contributed by atoms with E-state index in [2.05, 4.69) is 15.6 Å². The number of carbonyl (C=O) groups is 2. The van der Waals surface area contributed by atoms with Gasteiger partial charge in [-0.25, -0.2) is 4.79 Å². The number of benzene rings is 2. The number of nitrogens with one attached hydrogen (secondary N) is 1.